The molecule has 1 aliphatic rings. The van der Waals surface area contributed by atoms with Crippen LogP contribution in [0.15, 0.2) is 12.2 Å². The molecule has 0 N–H and O–H groups in total. The number of hydrogen-bond donors (Lipinski definition) is 0. The molecule has 0 spiro atoms. The highest BCUT2D eigenvalue weighted by Gasteiger charge is 2.26. The summed E-state index contributed by atoms with van der Waals surface area (Å²) in [4.78, 5) is 27.5. The summed E-state index contributed by atoms with van der Waals surface area (Å²) in [6.07, 6.45) is 4.61. The number of likely N-dealkylation sites (N-methyl/N-ethyl adjacent to an activating group) is 1. The molecule has 0 unspecified atom stereocenters. The van der Waals surface area contributed by atoms with E-state index in [0.717, 1.165) is 19.6 Å². The predicted octanol–water partition coefficient (Wildman–Crippen LogP) is 1.44. The molecule has 20 heavy (non-hydrogen) atoms. The summed E-state index contributed by atoms with van der Waals surface area (Å²) in [5.74, 6) is -0.562. The van der Waals surface area contributed by atoms with E-state index in [4.69, 9.17) is 4.74 Å². The number of nitrogens with zero attached hydrogens (tertiary/aromatic N) is 2. The minimum absolute atomic E-state index is 0.177. The molecule has 1 amide bonds. The van der Waals surface area contributed by atoms with Gasteiger partial charge in [0, 0.05) is 19.7 Å². The van der Waals surface area contributed by atoms with Crippen LogP contribution in [-0.2, 0) is 14.3 Å². The topological polar surface area (TPSA) is 49.9 Å². The fourth-order valence-corrected chi connectivity index (χ4v) is 1.72. The summed E-state index contributed by atoms with van der Waals surface area (Å²) in [6, 6.07) is -0.588. The minimum Gasteiger partial charge on any atom is -0.458 e. The van der Waals surface area contributed by atoms with E-state index in [9.17, 15) is 9.59 Å². The highest BCUT2D eigenvalue weighted by molar-refractivity contribution is 5.91. The third-order valence-corrected chi connectivity index (χ3v) is 3.25. The van der Waals surface area contributed by atoms with Crippen LogP contribution in [0.5, 0.6) is 0 Å². The number of likely N-dealkylation sites (tertiary alicyclic amines) is 1. The van der Waals surface area contributed by atoms with E-state index in [-0.39, 0.29) is 11.9 Å². The summed E-state index contributed by atoms with van der Waals surface area (Å²) in [5.41, 5.74) is -0.539. The first-order valence-electron chi connectivity index (χ1n) is 7.09. The summed E-state index contributed by atoms with van der Waals surface area (Å²) in [6.45, 7) is 10.1. The molecule has 0 bridgehead atoms. The molecular weight excluding hydrogens is 256 g/mol. The zero-order valence-corrected chi connectivity index (χ0v) is 13.2. The van der Waals surface area contributed by atoms with Crippen LogP contribution >= 0.6 is 0 Å². The van der Waals surface area contributed by atoms with Crippen molar-refractivity contribution in [3.63, 3.8) is 0 Å². The Morgan fingerprint density at radius 3 is 2.40 bits per heavy atom. The fourth-order valence-electron chi connectivity index (χ4n) is 1.72. The minimum atomic E-state index is -0.588. The number of hydrogen-bond acceptors (Lipinski definition) is 4. The largest absolute Gasteiger partial charge is 0.458 e. The van der Waals surface area contributed by atoms with Crippen molar-refractivity contribution in [2.24, 2.45) is 0 Å². The van der Waals surface area contributed by atoms with E-state index in [1.165, 1.54) is 17.4 Å². The lowest BCUT2D eigenvalue weighted by molar-refractivity contribution is -0.162. The zero-order valence-electron chi connectivity index (χ0n) is 13.2. The van der Waals surface area contributed by atoms with Crippen LogP contribution in [0.2, 0.25) is 0 Å². The molecule has 114 valence electrons. The van der Waals surface area contributed by atoms with Gasteiger partial charge < -0.3 is 9.64 Å². The molecule has 1 rings (SSSR count). The van der Waals surface area contributed by atoms with Gasteiger partial charge in [-0.15, -0.1) is 0 Å². The van der Waals surface area contributed by atoms with Crippen molar-refractivity contribution in [3.8, 4) is 0 Å². The smallest absolute Gasteiger partial charge is 0.329 e. The Hall–Kier alpha value is -1.36. The van der Waals surface area contributed by atoms with Crippen molar-refractivity contribution >= 4 is 11.9 Å². The second-order valence-electron chi connectivity index (χ2n) is 6.22. The maximum atomic E-state index is 12.0. The Kier molecular flexibility index (Phi) is 5.74. The van der Waals surface area contributed by atoms with Gasteiger partial charge in [-0.05, 0) is 47.2 Å². The van der Waals surface area contributed by atoms with Gasteiger partial charge in [-0.25, -0.2) is 4.79 Å². The van der Waals surface area contributed by atoms with Crippen molar-refractivity contribution in [2.45, 2.75) is 45.8 Å². The normalized spacial score (nSPS) is 17.6. The van der Waals surface area contributed by atoms with Gasteiger partial charge >= 0.3 is 5.97 Å². The molecule has 1 saturated heterocycles. The zero-order chi connectivity index (χ0) is 15.3. The quantitative estimate of drug-likeness (QED) is 0.565. The summed E-state index contributed by atoms with van der Waals surface area (Å²) in [5, 5.41) is 0. The average Bonchev–Trinajstić information content (AvgIpc) is 2.27. The summed E-state index contributed by atoms with van der Waals surface area (Å²) < 4.78 is 5.27. The van der Waals surface area contributed by atoms with Crippen molar-refractivity contribution in [3.05, 3.63) is 12.2 Å². The van der Waals surface area contributed by atoms with E-state index >= 15 is 0 Å². The first-order chi connectivity index (χ1) is 9.20. The van der Waals surface area contributed by atoms with Gasteiger partial charge in [-0.1, -0.05) is 6.08 Å². The van der Waals surface area contributed by atoms with Gasteiger partial charge in [0.15, 0.2) is 0 Å². The number of ether oxygens (including phenoxy) is 1. The molecular formula is C15H26N2O3. The predicted molar refractivity (Wildman–Crippen MR) is 78.3 cm³/mol. The first kappa shape index (κ1) is 16.7. The number of amides is 1. The van der Waals surface area contributed by atoms with Gasteiger partial charge in [0.2, 0.25) is 5.91 Å². The average molecular weight is 282 g/mol. The lowest BCUT2D eigenvalue weighted by Crippen LogP contribution is -2.43. The molecule has 0 saturated carbocycles. The van der Waals surface area contributed by atoms with Crippen molar-refractivity contribution in [1.29, 1.82) is 0 Å². The second kappa shape index (κ2) is 6.88. The SMILES string of the molecule is C[C@@H](C(=O)OC(C)(C)C)N(C)C(=O)C=CCN1CCC1. The standard InChI is InChI=1S/C15H26N2O3/c1-12(14(19)20-15(2,3)4)16(5)13(18)8-6-9-17-10-7-11-17/h6,8,12H,7,9-11H2,1-5H3/t12-/m0/s1. The molecule has 1 fully saturated rings. The first-order valence-corrected chi connectivity index (χ1v) is 7.09. The van der Waals surface area contributed by atoms with E-state index in [2.05, 4.69) is 4.90 Å². The molecule has 5 nitrogen and oxygen atoms in total. The van der Waals surface area contributed by atoms with Crippen LogP contribution in [-0.4, -0.2) is 60.0 Å². The number of carbonyl (C=O) groups is 2. The highest BCUT2D eigenvalue weighted by atomic mass is 16.6. The van der Waals surface area contributed by atoms with E-state index < -0.39 is 11.6 Å². The number of carbonyl (C=O) groups excluding carboxylic acids is 2. The lowest BCUT2D eigenvalue weighted by atomic mass is 10.2. The van der Waals surface area contributed by atoms with Gasteiger partial charge in [-0.3, -0.25) is 9.69 Å². The fraction of sp³-hybridized carbons (Fsp3) is 0.733. The van der Waals surface area contributed by atoms with E-state index in [1.807, 2.05) is 26.8 Å². The van der Waals surface area contributed by atoms with E-state index in [1.54, 1.807) is 14.0 Å². The molecule has 0 radical (unpaired) electrons. The monoisotopic (exact) mass is 282 g/mol. The molecule has 0 aliphatic carbocycles. The Bertz CT molecular complexity index is 381. The highest BCUT2D eigenvalue weighted by Crippen LogP contribution is 2.11. The van der Waals surface area contributed by atoms with Crippen LogP contribution in [0.4, 0.5) is 0 Å². The maximum absolute atomic E-state index is 12.0. The summed E-state index contributed by atoms with van der Waals surface area (Å²) >= 11 is 0. The van der Waals surface area contributed by atoms with Crippen LogP contribution in [0, 0.1) is 0 Å². The Morgan fingerprint density at radius 2 is 1.95 bits per heavy atom. The van der Waals surface area contributed by atoms with Crippen LogP contribution in [0.25, 0.3) is 0 Å². The van der Waals surface area contributed by atoms with Crippen molar-refractivity contribution in [1.82, 2.24) is 9.80 Å². The van der Waals surface area contributed by atoms with Crippen molar-refractivity contribution in [2.75, 3.05) is 26.7 Å². The van der Waals surface area contributed by atoms with Gasteiger partial charge in [0.25, 0.3) is 0 Å². The van der Waals surface area contributed by atoms with Crippen LogP contribution < -0.4 is 0 Å². The lowest BCUT2D eigenvalue weighted by Gasteiger charge is -2.29. The molecule has 0 aromatic heterocycles. The molecule has 1 heterocycles. The maximum Gasteiger partial charge on any atom is 0.329 e. The molecule has 1 atom stereocenters. The van der Waals surface area contributed by atoms with Gasteiger partial charge in [0.1, 0.15) is 11.6 Å². The van der Waals surface area contributed by atoms with Gasteiger partial charge in [-0.2, -0.15) is 0 Å². The van der Waals surface area contributed by atoms with Crippen LogP contribution in [0.1, 0.15) is 34.1 Å². The number of esters is 1. The van der Waals surface area contributed by atoms with Crippen LogP contribution in [0.3, 0.4) is 0 Å². The third-order valence-electron chi connectivity index (χ3n) is 3.25. The molecule has 0 aromatic carbocycles. The van der Waals surface area contributed by atoms with Crippen molar-refractivity contribution < 1.29 is 14.3 Å². The third kappa shape index (κ3) is 5.33. The van der Waals surface area contributed by atoms with Gasteiger partial charge in [0.05, 0.1) is 0 Å². The second-order valence-corrected chi connectivity index (χ2v) is 6.22. The molecule has 5 heteroatoms. The molecule has 0 aromatic rings. The van der Waals surface area contributed by atoms with E-state index in [0.29, 0.717) is 0 Å². The Labute approximate surface area is 121 Å². The summed E-state index contributed by atoms with van der Waals surface area (Å²) in [7, 11) is 1.62. The Morgan fingerprint density at radius 1 is 1.35 bits per heavy atom. The molecule has 1 aliphatic heterocycles. The Balaban J connectivity index is 2.43. The number of rotatable bonds is 5.